The zero-order chi connectivity index (χ0) is 24.3. The van der Waals surface area contributed by atoms with Gasteiger partial charge in [-0.25, -0.2) is 0 Å². The van der Waals surface area contributed by atoms with E-state index in [0.29, 0.717) is 37.3 Å². The fourth-order valence-corrected chi connectivity index (χ4v) is 4.82. The molecule has 2 heterocycles. The third kappa shape index (κ3) is 5.72. The molecule has 1 N–H and O–H groups in total. The number of nitrogens with one attached hydrogen (secondary N) is 1. The highest BCUT2D eigenvalue weighted by atomic mass is 19.4. The second-order valence-electron chi connectivity index (χ2n) is 9.01. The molecule has 34 heavy (non-hydrogen) atoms. The van der Waals surface area contributed by atoms with E-state index in [2.05, 4.69) is 27.1 Å². The van der Waals surface area contributed by atoms with Crippen LogP contribution in [0.5, 0.6) is 5.75 Å². The molecule has 10 heteroatoms. The van der Waals surface area contributed by atoms with Gasteiger partial charge in [-0.3, -0.25) is 9.48 Å². The van der Waals surface area contributed by atoms with Gasteiger partial charge in [0.25, 0.3) is 5.91 Å². The summed E-state index contributed by atoms with van der Waals surface area (Å²) in [4.78, 5) is 17.5. The normalized spacial score (nSPS) is 19.6. The number of aromatic nitrogens is 2. The van der Waals surface area contributed by atoms with Gasteiger partial charge in [0.05, 0.1) is 0 Å². The summed E-state index contributed by atoms with van der Waals surface area (Å²) in [5.41, 5.74) is 3.03. The van der Waals surface area contributed by atoms with Crippen molar-refractivity contribution < 1.29 is 22.7 Å². The standard InChI is InChI=1S/C24H32F3N5O2/c1-3-32-20-10-9-18(28-16-17-7-4-5-8-21(17)34-24(25,26)27)15-19(20)22(29-32)23(33)31-12-6-11-30(2)13-14-31/h4-5,7-8,18,28H,3,6,9-16H2,1-2H3/t18-/m0/s1. The number of rotatable bonds is 6. The number of fused-ring (bicyclic) bond motifs is 1. The molecular formula is C24H32F3N5O2. The van der Waals surface area contributed by atoms with Crippen LogP contribution in [0.15, 0.2) is 24.3 Å². The summed E-state index contributed by atoms with van der Waals surface area (Å²) in [6, 6.07) is 6.20. The van der Waals surface area contributed by atoms with Gasteiger partial charge >= 0.3 is 6.36 Å². The van der Waals surface area contributed by atoms with E-state index in [1.165, 1.54) is 12.1 Å². The Labute approximate surface area is 197 Å². The molecule has 1 aromatic carbocycles. The van der Waals surface area contributed by atoms with Crippen LogP contribution in [0.1, 0.15) is 47.1 Å². The van der Waals surface area contributed by atoms with Gasteiger partial charge in [-0.2, -0.15) is 5.10 Å². The van der Waals surface area contributed by atoms with Gasteiger partial charge in [-0.1, -0.05) is 18.2 Å². The molecule has 2 aromatic rings. The number of likely N-dealkylation sites (N-methyl/N-ethyl adjacent to an activating group) is 1. The average molecular weight is 480 g/mol. The van der Waals surface area contributed by atoms with Crippen molar-refractivity contribution in [3.63, 3.8) is 0 Å². The van der Waals surface area contributed by atoms with E-state index in [1.54, 1.807) is 12.1 Å². The van der Waals surface area contributed by atoms with E-state index in [9.17, 15) is 18.0 Å². The van der Waals surface area contributed by atoms with E-state index < -0.39 is 6.36 Å². The van der Waals surface area contributed by atoms with Crippen molar-refractivity contribution in [3.05, 3.63) is 46.8 Å². The average Bonchev–Trinajstić information content (AvgIpc) is 3.02. The molecule has 0 spiro atoms. The highest BCUT2D eigenvalue weighted by Gasteiger charge is 2.33. The second kappa shape index (κ2) is 10.4. The van der Waals surface area contributed by atoms with Crippen LogP contribution in [-0.4, -0.2) is 71.1 Å². The smallest absolute Gasteiger partial charge is 0.405 e. The quantitative estimate of drug-likeness (QED) is 0.690. The van der Waals surface area contributed by atoms with Crippen molar-refractivity contribution in [2.75, 3.05) is 33.2 Å². The lowest BCUT2D eigenvalue weighted by atomic mass is 9.90. The van der Waals surface area contributed by atoms with Gasteiger partial charge in [0.1, 0.15) is 5.75 Å². The van der Waals surface area contributed by atoms with Crippen LogP contribution in [0, 0.1) is 0 Å². The van der Waals surface area contributed by atoms with Gasteiger partial charge in [-0.05, 0) is 52.3 Å². The maximum atomic E-state index is 13.4. The molecule has 186 valence electrons. The van der Waals surface area contributed by atoms with E-state index >= 15 is 0 Å². The number of hydrogen-bond acceptors (Lipinski definition) is 5. The number of para-hydroxylation sites is 1. The fraction of sp³-hybridized carbons (Fsp3) is 0.583. The van der Waals surface area contributed by atoms with Crippen molar-refractivity contribution in [2.45, 2.75) is 58.1 Å². The molecular weight excluding hydrogens is 447 g/mol. The lowest BCUT2D eigenvalue weighted by molar-refractivity contribution is -0.274. The number of benzene rings is 1. The van der Waals surface area contributed by atoms with Crippen LogP contribution in [0.3, 0.4) is 0 Å². The Bertz CT molecular complexity index is 1010. The Morgan fingerprint density at radius 3 is 2.76 bits per heavy atom. The van der Waals surface area contributed by atoms with E-state index in [-0.39, 0.29) is 24.2 Å². The van der Waals surface area contributed by atoms with Gasteiger partial charge in [-0.15, -0.1) is 13.2 Å². The minimum absolute atomic E-state index is 0.0247. The number of hydrogen-bond donors (Lipinski definition) is 1. The number of amides is 1. The first kappa shape index (κ1) is 24.5. The molecule has 1 aromatic heterocycles. The molecule has 0 saturated carbocycles. The van der Waals surface area contributed by atoms with Crippen molar-refractivity contribution in [3.8, 4) is 5.75 Å². The van der Waals surface area contributed by atoms with E-state index in [1.807, 2.05) is 16.5 Å². The first-order chi connectivity index (χ1) is 16.2. The van der Waals surface area contributed by atoms with Crippen LogP contribution < -0.4 is 10.1 Å². The highest BCUT2D eigenvalue weighted by molar-refractivity contribution is 5.94. The van der Waals surface area contributed by atoms with Crippen molar-refractivity contribution in [1.29, 1.82) is 0 Å². The summed E-state index contributed by atoms with van der Waals surface area (Å²) >= 11 is 0. The third-order valence-electron chi connectivity index (χ3n) is 6.63. The second-order valence-corrected chi connectivity index (χ2v) is 9.01. The number of alkyl halides is 3. The molecule has 2 aliphatic rings. The molecule has 0 bridgehead atoms. The summed E-state index contributed by atoms with van der Waals surface area (Å²) in [5.74, 6) is -0.219. The maximum Gasteiger partial charge on any atom is 0.573 e. The lowest BCUT2D eigenvalue weighted by Crippen LogP contribution is -2.37. The predicted octanol–water partition coefficient (Wildman–Crippen LogP) is 3.23. The van der Waals surface area contributed by atoms with E-state index in [4.69, 9.17) is 0 Å². The molecule has 7 nitrogen and oxygen atoms in total. The third-order valence-corrected chi connectivity index (χ3v) is 6.63. The van der Waals surface area contributed by atoms with Gasteiger partial charge in [0.2, 0.25) is 0 Å². The van der Waals surface area contributed by atoms with Crippen LogP contribution in [0.2, 0.25) is 0 Å². The predicted molar refractivity (Wildman–Crippen MR) is 122 cm³/mol. The van der Waals surface area contributed by atoms with Crippen molar-refractivity contribution >= 4 is 5.91 Å². The molecule has 1 amide bonds. The first-order valence-corrected chi connectivity index (χ1v) is 11.9. The topological polar surface area (TPSA) is 62.6 Å². The fourth-order valence-electron chi connectivity index (χ4n) is 4.82. The zero-order valence-electron chi connectivity index (χ0n) is 19.7. The Morgan fingerprint density at radius 2 is 2.00 bits per heavy atom. The number of aryl methyl sites for hydroxylation is 1. The summed E-state index contributed by atoms with van der Waals surface area (Å²) in [6.45, 7) is 6.16. The molecule has 4 rings (SSSR count). The van der Waals surface area contributed by atoms with Crippen LogP contribution in [0.25, 0.3) is 0 Å². The van der Waals surface area contributed by atoms with Crippen LogP contribution >= 0.6 is 0 Å². The minimum atomic E-state index is -4.73. The molecule has 0 radical (unpaired) electrons. The Morgan fingerprint density at radius 1 is 1.21 bits per heavy atom. The summed E-state index contributed by atoms with van der Waals surface area (Å²) in [7, 11) is 2.07. The molecule has 1 saturated heterocycles. The lowest BCUT2D eigenvalue weighted by Gasteiger charge is -2.26. The van der Waals surface area contributed by atoms with Gasteiger partial charge < -0.3 is 19.9 Å². The number of carbonyl (C=O) groups excluding carboxylic acids is 1. The van der Waals surface area contributed by atoms with Gasteiger partial charge in [0, 0.05) is 55.6 Å². The van der Waals surface area contributed by atoms with Crippen LogP contribution in [-0.2, 0) is 25.9 Å². The largest absolute Gasteiger partial charge is 0.573 e. The first-order valence-electron chi connectivity index (χ1n) is 11.9. The Balaban J connectivity index is 1.48. The summed E-state index contributed by atoms with van der Waals surface area (Å²) in [5, 5.41) is 8.06. The Hall–Kier alpha value is -2.59. The minimum Gasteiger partial charge on any atom is -0.405 e. The number of carbonyl (C=O) groups is 1. The molecule has 1 atom stereocenters. The summed E-state index contributed by atoms with van der Waals surface area (Å²) in [6.07, 6.45) is -1.59. The number of ether oxygens (including phenoxy) is 1. The van der Waals surface area contributed by atoms with Crippen molar-refractivity contribution in [1.82, 2.24) is 24.9 Å². The molecule has 1 fully saturated rings. The molecule has 1 aliphatic carbocycles. The number of nitrogens with zero attached hydrogens (tertiary/aromatic N) is 4. The summed E-state index contributed by atoms with van der Waals surface area (Å²) < 4.78 is 44.3. The monoisotopic (exact) mass is 479 g/mol. The highest BCUT2D eigenvalue weighted by Crippen LogP contribution is 2.29. The molecule has 0 unspecified atom stereocenters. The zero-order valence-corrected chi connectivity index (χ0v) is 19.7. The van der Waals surface area contributed by atoms with Crippen LogP contribution in [0.4, 0.5) is 13.2 Å². The number of halogens is 3. The molecule has 1 aliphatic heterocycles. The van der Waals surface area contributed by atoms with Gasteiger partial charge in [0.15, 0.2) is 5.69 Å². The van der Waals surface area contributed by atoms with Crippen molar-refractivity contribution in [2.24, 2.45) is 0 Å². The maximum absolute atomic E-state index is 13.4. The Kier molecular flexibility index (Phi) is 7.47. The van der Waals surface area contributed by atoms with E-state index in [0.717, 1.165) is 43.6 Å². The SMILES string of the molecule is CCn1nc(C(=O)N2CCCN(C)CC2)c2c1CC[C@H](NCc1ccccc1OC(F)(F)F)C2.